The van der Waals surface area contributed by atoms with E-state index in [4.69, 9.17) is 19.2 Å². The second-order valence-corrected chi connectivity index (χ2v) is 19.2. The summed E-state index contributed by atoms with van der Waals surface area (Å²) in [6.45, 7) is 14.2. The average molecular weight is 816 g/mol. The van der Waals surface area contributed by atoms with Crippen LogP contribution in [0.15, 0.2) is 79.4 Å². The number of carbonyl (C=O) groups excluding carboxylic acids is 4. The van der Waals surface area contributed by atoms with Crippen LogP contribution in [-0.4, -0.2) is 90.3 Å². The van der Waals surface area contributed by atoms with Crippen LogP contribution in [0.4, 0.5) is 4.79 Å². The van der Waals surface area contributed by atoms with Crippen molar-refractivity contribution < 1.29 is 41.8 Å². The number of likely N-dealkylation sites (tertiary alicyclic amines) is 1. The highest BCUT2D eigenvalue weighted by Gasteiger charge is 2.62. The Balaban J connectivity index is 1.33. The molecular weight excluding hydrogens is 763 g/mol. The predicted molar refractivity (Wildman–Crippen MR) is 218 cm³/mol. The molecule has 4 amide bonds. The van der Waals surface area contributed by atoms with Gasteiger partial charge in [-0.2, -0.15) is 0 Å². The van der Waals surface area contributed by atoms with Gasteiger partial charge in [0.2, 0.25) is 21.8 Å². The number of amides is 4. The molecular formula is C43H53N5O9S. The quantitative estimate of drug-likeness (QED) is 0.190. The Morgan fingerprint density at radius 3 is 2.09 bits per heavy atom. The van der Waals surface area contributed by atoms with E-state index in [1.807, 2.05) is 54.6 Å². The van der Waals surface area contributed by atoms with Crippen LogP contribution in [-0.2, 0) is 29.1 Å². The van der Waals surface area contributed by atoms with Gasteiger partial charge in [0.15, 0.2) is 0 Å². The summed E-state index contributed by atoms with van der Waals surface area (Å²) in [4.78, 5) is 62.1. The molecule has 0 bridgehead atoms. The maximum absolute atomic E-state index is 14.7. The van der Waals surface area contributed by atoms with Crippen LogP contribution in [0.3, 0.4) is 0 Å². The van der Waals surface area contributed by atoms with Gasteiger partial charge in [0, 0.05) is 35.6 Å². The molecule has 1 unspecified atom stereocenters. The zero-order chi connectivity index (χ0) is 42.2. The first-order valence-electron chi connectivity index (χ1n) is 19.4. The predicted octanol–water partition coefficient (Wildman–Crippen LogP) is 5.38. The van der Waals surface area contributed by atoms with E-state index >= 15 is 0 Å². The lowest BCUT2D eigenvalue weighted by molar-refractivity contribution is -0.143. The Bertz CT molecular complexity index is 2160. The summed E-state index contributed by atoms with van der Waals surface area (Å²) < 4.78 is 45.2. The third-order valence-electron chi connectivity index (χ3n) is 10.4. The van der Waals surface area contributed by atoms with Crippen molar-refractivity contribution in [2.24, 2.45) is 11.3 Å². The number of methoxy groups -OCH3 is 1. The average Bonchev–Trinajstić information content (AvgIpc) is 4.09. The van der Waals surface area contributed by atoms with Gasteiger partial charge >= 0.3 is 6.09 Å². The minimum Gasteiger partial charge on any atom is -0.497 e. The SMILES string of the molecule is C=CC1C[C@]1(NC(=O)[C@@H]1C[C@@H](Oc2cc(-c3ccccc3)nc(-c3ccc(OC)cc3)c2)CN1C(=O)[C@@H](NC(=O)OC(C)(C)C)C(C)(C)C)C(=O)NS(=O)(=O)C1CC1. The Morgan fingerprint density at radius 1 is 0.931 bits per heavy atom. The van der Waals surface area contributed by atoms with Crippen molar-refractivity contribution in [2.45, 2.75) is 102 Å². The van der Waals surface area contributed by atoms with Crippen LogP contribution in [0.5, 0.6) is 11.5 Å². The lowest BCUT2D eigenvalue weighted by Gasteiger charge is -2.36. The van der Waals surface area contributed by atoms with E-state index in [0.717, 1.165) is 11.1 Å². The molecule has 2 aromatic carbocycles. The molecule has 1 aromatic heterocycles. The van der Waals surface area contributed by atoms with Crippen LogP contribution < -0.4 is 24.8 Å². The largest absolute Gasteiger partial charge is 0.497 e. The molecule has 6 rings (SSSR count). The zero-order valence-corrected chi connectivity index (χ0v) is 34.9. The smallest absolute Gasteiger partial charge is 0.408 e. The monoisotopic (exact) mass is 815 g/mol. The van der Waals surface area contributed by atoms with E-state index < -0.39 is 79.7 Å². The fourth-order valence-corrected chi connectivity index (χ4v) is 8.43. The number of carbonyl (C=O) groups is 4. The van der Waals surface area contributed by atoms with Gasteiger partial charge in [-0.25, -0.2) is 18.2 Å². The molecule has 2 heterocycles. The number of hydrogen-bond donors (Lipinski definition) is 3. The van der Waals surface area contributed by atoms with E-state index in [1.54, 1.807) is 60.8 Å². The number of nitrogens with zero attached hydrogens (tertiary/aromatic N) is 2. The number of aromatic nitrogens is 1. The van der Waals surface area contributed by atoms with Gasteiger partial charge in [0.25, 0.3) is 5.91 Å². The summed E-state index contributed by atoms with van der Waals surface area (Å²) in [5.41, 5.74) is -0.346. The third-order valence-corrected chi connectivity index (χ3v) is 12.2. The van der Waals surface area contributed by atoms with Crippen LogP contribution in [0.25, 0.3) is 22.5 Å². The first kappa shape index (κ1) is 42.2. The standard InChI is InChI=1S/C43H53N5O9S/c1-9-28-24-43(28,39(51)47-58(53,54)32-19-20-32)46-37(49)35-23-31(25-48(35)38(50)36(41(2,3)4)45-40(52)57-42(5,6)7)56-30-21-33(26-13-11-10-12-14-26)44-34(22-30)27-15-17-29(55-8)18-16-27/h9-18,21-22,28,31-32,35-36H,1,19-20,23-25H2,2-8H3,(H,45,52)(H,46,49)(H,47,51)/t28?,31-,35+,36-,43-/m1/s1. The maximum atomic E-state index is 14.7. The summed E-state index contributed by atoms with van der Waals surface area (Å²) in [7, 11) is -2.33. The molecule has 3 aromatic rings. The number of ether oxygens (including phenoxy) is 3. The molecule has 58 heavy (non-hydrogen) atoms. The number of nitrogens with one attached hydrogen (secondary N) is 3. The lowest BCUT2D eigenvalue weighted by atomic mass is 9.85. The second-order valence-electron chi connectivity index (χ2n) is 17.3. The summed E-state index contributed by atoms with van der Waals surface area (Å²) in [6.07, 6.45) is 1.01. The number of alkyl carbamates (subject to hydrolysis) is 1. The van der Waals surface area contributed by atoms with Crippen molar-refractivity contribution in [1.82, 2.24) is 25.2 Å². The van der Waals surface area contributed by atoms with Crippen molar-refractivity contribution in [3.05, 3.63) is 79.4 Å². The highest BCUT2D eigenvalue weighted by Crippen LogP contribution is 2.45. The first-order valence-corrected chi connectivity index (χ1v) is 21.0. The molecule has 1 aliphatic heterocycles. The van der Waals surface area contributed by atoms with Crippen molar-refractivity contribution >= 4 is 33.8 Å². The molecule has 0 spiro atoms. The van der Waals surface area contributed by atoms with Crippen molar-refractivity contribution in [2.75, 3.05) is 13.7 Å². The zero-order valence-electron chi connectivity index (χ0n) is 34.0. The number of rotatable bonds is 13. The van der Waals surface area contributed by atoms with Gasteiger partial charge < -0.3 is 29.7 Å². The summed E-state index contributed by atoms with van der Waals surface area (Å²) in [6, 6.07) is 18.3. The molecule has 3 N–H and O–H groups in total. The van der Waals surface area contributed by atoms with E-state index in [-0.39, 0.29) is 19.4 Å². The Morgan fingerprint density at radius 2 is 1.55 bits per heavy atom. The fraction of sp³-hybridized carbons (Fsp3) is 0.465. The first-order chi connectivity index (χ1) is 27.2. The highest BCUT2D eigenvalue weighted by atomic mass is 32.2. The highest BCUT2D eigenvalue weighted by molar-refractivity contribution is 7.91. The fourth-order valence-electron chi connectivity index (χ4n) is 7.07. The number of benzene rings is 2. The number of hydrogen-bond acceptors (Lipinski definition) is 10. The van der Waals surface area contributed by atoms with Gasteiger partial charge in [-0.1, -0.05) is 57.2 Å². The van der Waals surface area contributed by atoms with E-state index in [2.05, 4.69) is 21.9 Å². The molecule has 5 atom stereocenters. The second kappa shape index (κ2) is 16.1. The number of pyridine rings is 1. The van der Waals surface area contributed by atoms with E-state index in [9.17, 15) is 27.6 Å². The van der Waals surface area contributed by atoms with E-state index in [0.29, 0.717) is 35.7 Å². The summed E-state index contributed by atoms with van der Waals surface area (Å²) in [5, 5.41) is 4.88. The minimum absolute atomic E-state index is 0.0125. The van der Waals surface area contributed by atoms with Crippen molar-refractivity contribution in [3.63, 3.8) is 0 Å². The van der Waals surface area contributed by atoms with Crippen LogP contribution in [0.2, 0.25) is 0 Å². The molecule has 14 nitrogen and oxygen atoms in total. The molecule has 0 radical (unpaired) electrons. The van der Waals surface area contributed by atoms with Crippen LogP contribution in [0, 0.1) is 11.3 Å². The Hall–Kier alpha value is -5.44. The molecule has 3 aliphatic rings. The number of sulfonamides is 1. The van der Waals surface area contributed by atoms with Gasteiger partial charge in [0.1, 0.15) is 40.8 Å². The molecule has 2 aliphatic carbocycles. The topological polar surface area (TPSA) is 182 Å². The van der Waals surface area contributed by atoms with Gasteiger partial charge in [-0.15, -0.1) is 6.58 Å². The molecule has 2 saturated carbocycles. The molecule has 1 saturated heterocycles. The minimum atomic E-state index is -3.92. The van der Waals surface area contributed by atoms with Crippen LogP contribution in [0.1, 0.15) is 67.2 Å². The Labute approximate surface area is 340 Å². The summed E-state index contributed by atoms with van der Waals surface area (Å²) >= 11 is 0. The van der Waals surface area contributed by atoms with Gasteiger partial charge in [-0.3, -0.25) is 19.1 Å². The molecule has 3 fully saturated rings. The third kappa shape index (κ3) is 9.63. The summed E-state index contributed by atoms with van der Waals surface area (Å²) in [5.74, 6) is -1.50. The van der Waals surface area contributed by atoms with Gasteiger partial charge in [0.05, 0.1) is 30.3 Å². The van der Waals surface area contributed by atoms with Crippen molar-refractivity contribution in [1.29, 1.82) is 0 Å². The van der Waals surface area contributed by atoms with Crippen LogP contribution >= 0.6 is 0 Å². The Kier molecular flexibility index (Phi) is 11.7. The maximum Gasteiger partial charge on any atom is 0.408 e. The normalized spacial score (nSPS) is 22.3. The van der Waals surface area contributed by atoms with Crippen molar-refractivity contribution in [3.8, 4) is 34.0 Å². The molecule has 15 heteroatoms. The lowest BCUT2D eigenvalue weighted by Crippen LogP contribution is -2.60. The van der Waals surface area contributed by atoms with Gasteiger partial charge in [-0.05, 0) is 69.7 Å². The van der Waals surface area contributed by atoms with E-state index in [1.165, 1.54) is 11.0 Å². The molecule has 310 valence electrons.